The maximum Gasteiger partial charge on any atom is 0.366 e. The molecule has 98 valence electrons. The molecule has 0 heterocycles. The molecular formula is C6H2ClN3Na2O8. The van der Waals surface area contributed by atoms with Crippen LogP contribution in [0.15, 0.2) is 0 Å². The predicted octanol–water partition coefficient (Wildman–Crippen LogP) is 0.714. The van der Waals surface area contributed by atoms with Crippen molar-refractivity contribution in [3.8, 4) is 11.5 Å². The van der Waals surface area contributed by atoms with E-state index in [4.69, 9.17) is 11.6 Å². The summed E-state index contributed by atoms with van der Waals surface area (Å²) >= 11 is 5.26. The zero-order chi connectivity index (χ0) is 14.2. The van der Waals surface area contributed by atoms with E-state index in [0.29, 0.717) is 0 Å². The van der Waals surface area contributed by atoms with Crippen LogP contribution in [0.1, 0.15) is 0 Å². The fourth-order valence-electron chi connectivity index (χ4n) is 1.16. The minimum absolute atomic E-state index is 0. The molecular weight excluding hydrogens is 324 g/mol. The smallest absolute Gasteiger partial charge is 0.366 e. The van der Waals surface area contributed by atoms with Crippen molar-refractivity contribution in [2.24, 2.45) is 0 Å². The summed E-state index contributed by atoms with van der Waals surface area (Å²) < 4.78 is 0. The summed E-state index contributed by atoms with van der Waals surface area (Å²) in [6.07, 6.45) is 0. The number of phenols is 2. The second-order valence-corrected chi connectivity index (χ2v) is 3.21. The number of hydrogen-bond donors (Lipinski definition) is 2. The first kappa shape index (κ1) is 21.6. The Morgan fingerprint density at radius 3 is 1.20 bits per heavy atom. The first-order valence-electron chi connectivity index (χ1n) is 3.90. The molecule has 0 saturated heterocycles. The second-order valence-electron chi connectivity index (χ2n) is 2.83. The van der Waals surface area contributed by atoms with Gasteiger partial charge in [-0.25, -0.2) is 0 Å². The van der Waals surface area contributed by atoms with Gasteiger partial charge in [-0.05, 0) is 0 Å². The summed E-state index contributed by atoms with van der Waals surface area (Å²) in [5, 5.41) is 48.9. The minimum Gasteiger partial charge on any atom is -0.497 e. The van der Waals surface area contributed by atoms with E-state index in [9.17, 15) is 40.6 Å². The maximum atomic E-state index is 10.5. The normalized spacial score (nSPS) is 9.05. The number of benzene rings is 1. The zero-order valence-electron chi connectivity index (χ0n) is 10.1. The molecule has 11 nitrogen and oxygen atoms in total. The number of nitro groups is 3. The van der Waals surface area contributed by atoms with Gasteiger partial charge in [-0.3, -0.25) is 30.3 Å². The number of rotatable bonds is 3. The third-order valence-corrected chi connectivity index (χ3v) is 2.22. The average molecular weight is 326 g/mol. The Kier molecular flexibility index (Phi) is 8.56. The van der Waals surface area contributed by atoms with Gasteiger partial charge in [0.25, 0.3) is 11.5 Å². The van der Waals surface area contributed by atoms with E-state index in [0.717, 1.165) is 0 Å². The zero-order valence-corrected chi connectivity index (χ0v) is 14.8. The molecule has 0 atom stereocenters. The summed E-state index contributed by atoms with van der Waals surface area (Å²) in [4.78, 5) is 27.5. The molecule has 2 N–H and O–H groups in total. The van der Waals surface area contributed by atoms with Crippen LogP contribution >= 0.6 is 11.6 Å². The van der Waals surface area contributed by atoms with Gasteiger partial charge in [-0.15, -0.1) is 0 Å². The van der Waals surface area contributed by atoms with Crippen LogP contribution in [0.3, 0.4) is 0 Å². The molecule has 14 heteroatoms. The van der Waals surface area contributed by atoms with Crippen molar-refractivity contribution in [2.45, 2.75) is 0 Å². The number of hydrogen-bond acceptors (Lipinski definition) is 8. The fraction of sp³-hybridized carbons (Fsp3) is 0. The quantitative estimate of drug-likeness (QED) is 0.464. The van der Waals surface area contributed by atoms with E-state index in [1.165, 1.54) is 0 Å². The van der Waals surface area contributed by atoms with Crippen molar-refractivity contribution in [1.29, 1.82) is 0 Å². The summed E-state index contributed by atoms with van der Waals surface area (Å²) in [6, 6.07) is 0. The largest absolute Gasteiger partial charge is 0.497 e. The maximum absolute atomic E-state index is 10.5. The molecule has 0 aliphatic carbocycles. The molecule has 1 rings (SSSR count). The molecule has 0 aliphatic rings. The van der Waals surface area contributed by atoms with Gasteiger partial charge in [0.05, 0.1) is 14.8 Å². The van der Waals surface area contributed by atoms with Crippen LogP contribution in [0, 0.1) is 30.3 Å². The van der Waals surface area contributed by atoms with Gasteiger partial charge in [-0.1, -0.05) is 11.6 Å². The van der Waals surface area contributed by atoms with Gasteiger partial charge < -0.3 is 10.2 Å². The molecule has 0 amide bonds. The van der Waals surface area contributed by atoms with Crippen molar-refractivity contribution in [3.05, 3.63) is 35.4 Å². The number of nitro benzene ring substituents is 3. The van der Waals surface area contributed by atoms with Crippen LogP contribution in [0.25, 0.3) is 0 Å². The first-order chi connectivity index (χ1) is 8.20. The van der Waals surface area contributed by atoms with E-state index in [1.807, 2.05) is 0 Å². The Morgan fingerprint density at radius 1 is 0.750 bits per heavy atom. The van der Waals surface area contributed by atoms with Crippen molar-refractivity contribution in [3.63, 3.8) is 0 Å². The molecule has 0 fully saturated rings. The Labute approximate surface area is 158 Å². The molecule has 0 aromatic heterocycles. The molecule has 2 radical (unpaired) electrons. The number of nitrogens with zero attached hydrogens (tertiary/aromatic N) is 3. The standard InChI is InChI=1S/C6H2ClN3O8.2Na/c7-1-2(8(13)14)5(11)4(10(17)18)6(12)3(1)9(15)16;;/h11-12H;;. The first-order valence-corrected chi connectivity index (χ1v) is 4.28. The molecule has 0 unspecified atom stereocenters. The molecule has 0 saturated carbocycles. The van der Waals surface area contributed by atoms with Gasteiger partial charge in [0, 0.05) is 59.1 Å². The van der Waals surface area contributed by atoms with Crippen LogP contribution in [0.5, 0.6) is 11.5 Å². The van der Waals surface area contributed by atoms with Gasteiger partial charge in [0.15, 0.2) is 0 Å². The Bertz CT molecular complexity index is 492. The Morgan fingerprint density at radius 2 is 1.00 bits per heavy atom. The monoisotopic (exact) mass is 325 g/mol. The van der Waals surface area contributed by atoms with Crippen molar-refractivity contribution >= 4 is 87.8 Å². The SMILES string of the molecule is O=[N+]([O-])c1c(O)c([N+](=O)[O-])c(Cl)c([N+](=O)[O-])c1O.[Na].[Na]. The Balaban J connectivity index is 0. The fourth-order valence-corrected chi connectivity index (χ4v) is 1.48. The van der Waals surface area contributed by atoms with Crippen LogP contribution in [0.2, 0.25) is 5.02 Å². The topological polar surface area (TPSA) is 170 Å². The molecule has 1 aromatic carbocycles. The number of halogens is 1. The van der Waals surface area contributed by atoms with Crippen LogP contribution < -0.4 is 0 Å². The molecule has 0 aliphatic heterocycles. The molecule has 0 spiro atoms. The van der Waals surface area contributed by atoms with E-state index in [1.54, 1.807) is 0 Å². The van der Waals surface area contributed by atoms with Gasteiger partial charge in [-0.2, -0.15) is 0 Å². The summed E-state index contributed by atoms with van der Waals surface area (Å²) in [5.41, 5.74) is -4.40. The van der Waals surface area contributed by atoms with E-state index < -0.39 is 48.4 Å². The third kappa shape index (κ3) is 3.69. The van der Waals surface area contributed by atoms with Gasteiger partial charge in [0.2, 0.25) is 5.02 Å². The van der Waals surface area contributed by atoms with Crippen molar-refractivity contribution in [2.75, 3.05) is 0 Å². The second kappa shape index (κ2) is 7.93. The number of aromatic hydroxyl groups is 2. The molecule has 1 aromatic rings. The van der Waals surface area contributed by atoms with E-state index in [-0.39, 0.29) is 59.1 Å². The third-order valence-electron chi connectivity index (χ3n) is 1.86. The van der Waals surface area contributed by atoms with Crippen molar-refractivity contribution in [1.82, 2.24) is 0 Å². The van der Waals surface area contributed by atoms with Gasteiger partial charge in [0.1, 0.15) is 0 Å². The number of phenolic OH excluding ortho intramolecular Hbond substituents is 2. The van der Waals surface area contributed by atoms with Crippen LogP contribution in [0.4, 0.5) is 17.1 Å². The van der Waals surface area contributed by atoms with Crippen molar-refractivity contribution < 1.29 is 25.0 Å². The van der Waals surface area contributed by atoms with E-state index >= 15 is 0 Å². The van der Waals surface area contributed by atoms with Gasteiger partial charge >= 0.3 is 17.1 Å². The van der Waals surface area contributed by atoms with Crippen LogP contribution in [-0.4, -0.2) is 84.1 Å². The Hall–Kier alpha value is -0.690. The summed E-state index contributed by atoms with van der Waals surface area (Å²) in [6.45, 7) is 0. The summed E-state index contributed by atoms with van der Waals surface area (Å²) in [5.74, 6) is -3.11. The van der Waals surface area contributed by atoms with E-state index in [2.05, 4.69) is 0 Å². The predicted molar refractivity (Wildman–Crippen MR) is 66.3 cm³/mol. The summed E-state index contributed by atoms with van der Waals surface area (Å²) in [7, 11) is 0. The van der Waals surface area contributed by atoms with Crippen LogP contribution in [-0.2, 0) is 0 Å². The average Bonchev–Trinajstić information content (AvgIpc) is 2.14. The molecule has 0 bridgehead atoms. The minimum atomic E-state index is -1.56. The molecule has 20 heavy (non-hydrogen) atoms.